The van der Waals surface area contributed by atoms with E-state index in [4.69, 9.17) is 10.4 Å². The quantitative estimate of drug-likeness (QED) is 0.529. The molecule has 0 radical (unpaired) electrons. The van der Waals surface area contributed by atoms with Gasteiger partial charge in [0, 0.05) is 5.92 Å². The van der Waals surface area contributed by atoms with Gasteiger partial charge in [-0.3, -0.25) is 0 Å². The fourth-order valence-electron chi connectivity index (χ4n) is 1.26. The molecular formula is C7H11NO. The summed E-state index contributed by atoms with van der Waals surface area (Å²) in [5, 5.41) is 17.3. The predicted octanol–water partition coefficient (Wildman–Crippen LogP) is 0.917. The van der Waals surface area contributed by atoms with E-state index in [-0.39, 0.29) is 5.92 Å². The minimum atomic E-state index is -0.714. The Hall–Kier alpha value is -0.550. The molecule has 1 N–H and O–H groups in total. The molecule has 0 saturated heterocycles. The molecule has 0 bridgehead atoms. The summed E-state index contributed by atoms with van der Waals surface area (Å²) < 4.78 is 0. The zero-order valence-corrected chi connectivity index (χ0v) is 5.54. The van der Waals surface area contributed by atoms with Crippen molar-refractivity contribution in [1.82, 2.24) is 0 Å². The highest BCUT2D eigenvalue weighted by atomic mass is 16.3. The van der Waals surface area contributed by atoms with E-state index in [0.717, 1.165) is 6.42 Å². The Morgan fingerprint density at radius 1 is 1.67 bits per heavy atom. The van der Waals surface area contributed by atoms with Gasteiger partial charge >= 0.3 is 0 Å². The number of hydrogen-bond donors (Lipinski definition) is 1. The van der Waals surface area contributed by atoms with Crippen LogP contribution in [0.15, 0.2) is 0 Å². The van der Waals surface area contributed by atoms with Gasteiger partial charge in [0.25, 0.3) is 0 Å². The monoisotopic (exact) mass is 125 g/mol. The molecule has 0 amide bonds. The summed E-state index contributed by atoms with van der Waals surface area (Å²) in [5.41, 5.74) is 0. The van der Waals surface area contributed by atoms with Gasteiger partial charge in [0.05, 0.1) is 6.07 Å². The number of rotatable bonds is 1. The minimum absolute atomic E-state index is 0.259. The molecule has 9 heavy (non-hydrogen) atoms. The lowest BCUT2D eigenvalue weighted by Crippen LogP contribution is -2.33. The standard InChI is InChI=1S/C7H11NO/c1-5-2-3-6(5)7(9)4-8/h5-7,9H,2-3H2,1H3. The van der Waals surface area contributed by atoms with Crippen molar-refractivity contribution in [1.29, 1.82) is 5.26 Å². The Morgan fingerprint density at radius 3 is 2.44 bits per heavy atom. The zero-order chi connectivity index (χ0) is 6.85. The molecule has 0 heterocycles. The van der Waals surface area contributed by atoms with Gasteiger partial charge in [-0.15, -0.1) is 0 Å². The summed E-state index contributed by atoms with van der Waals surface area (Å²) in [6.45, 7) is 2.08. The van der Waals surface area contributed by atoms with Gasteiger partial charge < -0.3 is 5.11 Å². The van der Waals surface area contributed by atoms with E-state index in [0.29, 0.717) is 5.92 Å². The number of aliphatic hydroxyl groups is 1. The Labute approximate surface area is 55.1 Å². The summed E-state index contributed by atoms with van der Waals surface area (Å²) in [6, 6.07) is 1.85. The van der Waals surface area contributed by atoms with Crippen molar-refractivity contribution >= 4 is 0 Å². The lowest BCUT2D eigenvalue weighted by Gasteiger charge is -2.34. The van der Waals surface area contributed by atoms with E-state index in [1.54, 1.807) is 0 Å². The molecule has 0 aliphatic heterocycles. The van der Waals surface area contributed by atoms with E-state index < -0.39 is 6.10 Å². The minimum Gasteiger partial charge on any atom is -0.378 e. The molecule has 0 aromatic carbocycles. The van der Waals surface area contributed by atoms with Crippen molar-refractivity contribution in [3.8, 4) is 6.07 Å². The first kappa shape index (κ1) is 6.57. The first-order valence-corrected chi connectivity index (χ1v) is 3.33. The highest BCUT2D eigenvalue weighted by molar-refractivity contribution is 4.94. The van der Waals surface area contributed by atoms with Crippen molar-refractivity contribution in [3.63, 3.8) is 0 Å². The molecule has 1 aliphatic rings. The summed E-state index contributed by atoms with van der Waals surface area (Å²) >= 11 is 0. The van der Waals surface area contributed by atoms with E-state index in [1.807, 2.05) is 6.07 Å². The number of nitrogens with zero attached hydrogens (tertiary/aromatic N) is 1. The topological polar surface area (TPSA) is 44.0 Å². The van der Waals surface area contributed by atoms with Crippen LogP contribution in [0.2, 0.25) is 0 Å². The van der Waals surface area contributed by atoms with Gasteiger partial charge in [0.15, 0.2) is 0 Å². The summed E-state index contributed by atoms with van der Waals surface area (Å²) in [5.74, 6) is 0.814. The third-order valence-electron chi connectivity index (χ3n) is 2.22. The third-order valence-corrected chi connectivity index (χ3v) is 2.22. The van der Waals surface area contributed by atoms with Gasteiger partial charge in [-0.05, 0) is 18.8 Å². The first-order chi connectivity index (χ1) is 4.25. The van der Waals surface area contributed by atoms with Crippen molar-refractivity contribution < 1.29 is 5.11 Å². The molecule has 50 valence electrons. The molecule has 2 nitrogen and oxygen atoms in total. The molecule has 1 aliphatic carbocycles. The van der Waals surface area contributed by atoms with E-state index in [1.165, 1.54) is 6.42 Å². The Bertz CT molecular complexity index is 138. The van der Waals surface area contributed by atoms with Gasteiger partial charge in [-0.25, -0.2) is 0 Å². The molecule has 1 fully saturated rings. The van der Waals surface area contributed by atoms with Gasteiger partial charge in [0.2, 0.25) is 0 Å². The summed E-state index contributed by atoms with van der Waals surface area (Å²) in [6.07, 6.45) is 1.48. The highest BCUT2D eigenvalue weighted by Gasteiger charge is 2.32. The van der Waals surface area contributed by atoms with Gasteiger partial charge in [-0.2, -0.15) is 5.26 Å². The second-order valence-electron chi connectivity index (χ2n) is 2.79. The second-order valence-corrected chi connectivity index (χ2v) is 2.79. The lowest BCUT2D eigenvalue weighted by atomic mass is 9.72. The van der Waals surface area contributed by atoms with Crippen LogP contribution in [0, 0.1) is 23.2 Å². The van der Waals surface area contributed by atoms with Crippen LogP contribution in [0.3, 0.4) is 0 Å². The maximum atomic E-state index is 8.99. The SMILES string of the molecule is CC1CCC1C(O)C#N. The average Bonchev–Trinajstić information content (AvgIpc) is 1.84. The molecule has 3 atom stereocenters. The maximum absolute atomic E-state index is 8.99. The van der Waals surface area contributed by atoms with Gasteiger partial charge in [-0.1, -0.05) is 6.92 Å². The van der Waals surface area contributed by atoms with Crippen LogP contribution in [0.5, 0.6) is 0 Å². The highest BCUT2D eigenvalue weighted by Crippen LogP contribution is 2.35. The fourth-order valence-corrected chi connectivity index (χ4v) is 1.26. The van der Waals surface area contributed by atoms with Crippen molar-refractivity contribution in [2.75, 3.05) is 0 Å². The van der Waals surface area contributed by atoms with Crippen LogP contribution in [-0.4, -0.2) is 11.2 Å². The maximum Gasteiger partial charge on any atom is 0.143 e. The first-order valence-electron chi connectivity index (χ1n) is 3.33. The third kappa shape index (κ3) is 1.06. The summed E-state index contributed by atoms with van der Waals surface area (Å²) in [4.78, 5) is 0. The molecule has 0 spiro atoms. The van der Waals surface area contributed by atoms with Crippen LogP contribution in [-0.2, 0) is 0 Å². The Kier molecular flexibility index (Phi) is 1.73. The smallest absolute Gasteiger partial charge is 0.143 e. The van der Waals surface area contributed by atoms with Crippen LogP contribution in [0.1, 0.15) is 19.8 Å². The predicted molar refractivity (Wildman–Crippen MR) is 33.5 cm³/mol. The normalized spacial score (nSPS) is 36.6. The van der Waals surface area contributed by atoms with Gasteiger partial charge in [0.1, 0.15) is 6.10 Å². The molecule has 0 aromatic heterocycles. The Balaban J connectivity index is 2.36. The van der Waals surface area contributed by atoms with E-state index in [2.05, 4.69) is 6.92 Å². The van der Waals surface area contributed by atoms with Crippen molar-refractivity contribution in [3.05, 3.63) is 0 Å². The number of hydrogen-bond acceptors (Lipinski definition) is 2. The molecular weight excluding hydrogens is 114 g/mol. The van der Waals surface area contributed by atoms with Crippen LogP contribution in [0.25, 0.3) is 0 Å². The second kappa shape index (κ2) is 2.36. The largest absolute Gasteiger partial charge is 0.378 e. The lowest BCUT2D eigenvalue weighted by molar-refractivity contribution is 0.0571. The summed E-state index contributed by atoms with van der Waals surface area (Å²) in [7, 11) is 0. The van der Waals surface area contributed by atoms with Crippen LogP contribution < -0.4 is 0 Å². The zero-order valence-electron chi connectivity index (χ0n) is 5.54. The molecule has 0 aromatic rings. The van der Waals surface area contributed by atoms with Crippen molar-refractivity contribution in [2.24, 2.45) is 11.8 Å². The molecule has 3 unspecified atom stereocenters. The van der Waals surface area contributed by atoms with E-state index in [9.17, 15) is 0 Å². The van der Waals surface area contributed by atoms with Crippen molar-refractivity contribution in [2.45, 2.75) is 25.9 Å². The molecule has 1 rings (SSSR count). The molecule has 2 heteroatoms. The number of nitriles is 1. The number of aliphatic hydroxyl groups excluding tert-OH is 1. The molecule has 1 saturated carbocycles. The Morgan fingerprint density at radius 2 is 2.33 bits per heavy atom. The van der Waals surface area contributed by atoms with E-state index >= 15 is 0 Å². The fraction of sp³-hybridized carbons (Fsp3) is 0.857. The average molecular weight is 125 g/mol. The van der Waals surface area contributed by atoms with Crippen LogP contribution >= 0.6 is 0 Å². The van der Waals surface area contributed by atoms with Crippen LogP contribution in [0.4, 0.5) is 0 Å².